The van der Waals surface area contributed by atoms with Gasteiger partial charge in [0.05, 0.1) is 21.1 Å². The molecule has 0 saturated carbocycles. The van der Waals surface area contributed by atoms with Crippen LogP contribution in [0, 0.1) is 18.3 Å². The topological polar surface area (TPSA) is 71.7 Å². The Hall–Kier alpha value is -1.96. The fraction of sp³-hybridized carbons (Fsp3) is 0.364. The highest BCUT2D eigenvalue weighted by Crippen LogP contribution is 2.31. The Morgan fingerprint density at radius 3 is 2.62 bits per heavy atom. The van der Waals surface area contributed by atoms with Crippen LogP contribution in [0.1, 0.15) is 25.3 Å². The smallest absolute Gasteiger partial charge is 0.252 e. The average Bonchev–Trinajstić information content (AvgIpc) is 3.37. The molecule has 1 fully saturated rings. The molecule has 3 heterocycles. The van der Waals surface area contributed by atoms with Crippen molar-refractivity contribution < 1.29 is 13.2 Å². The van der Waals surface area contributed by atoms with Crippen molar-refractivity contribution in [1.29, 1.82) is 0 Å². The van der Waals surface area contributed by atoms with Crippen LogP contribution in [0.4, 0.5) is 0 Å². The normalized spacial score (nSPS) is 16.5. The maximum absolute atomic E-state index is 12.9. The van der Waals surface area contributed by atoms with Gasteiger partial charge in [0.15, 0.2) is 4.80 Å². The molecule has 0 bridgehead atoms. The number of carbonyl (C=O) groups is 1. The summed E-state index contributed by atoms with van der Waals surface area (Å²) in [5.41, 5.74) is 2.18. The molecule has 4 rings (SSSR count). The highest BCUT2D eigenvalue weighted by molar-refractivity contribution is 7.91. The zero-order valence-electron chi connectivity index (χ0n) is 17.5. The summed E-state index contributed by atoms with van der Waals surface area (Å²) in [7, 11) is -3.59. The van der Waals surface area contributed by atoms with Gasteiger partial charge >= 0.3 is 0 Å². The number of carbonyl (C=O) groups excluding carboxylic acids is 1. The number of hydrogen-bond donors (Lipinski definition) is 0. The zero-order chi connectivity index (χ0) is 22.9. The first-order valence-corrected chi connectivity index (χ1v) is 13.7. The highest BCUT2D eigenvalue weighted by atomic mass is 35.5. The van der Waals surface area contributed by atoms with Gasteiger partial charge in [0, 0.05) is 19.0 Å². The van der Waals surface area contributed by atoms with Gasteiger partial charge in [-0.15, -0.1) is 17.8 Å². The minimum absolute atomic E-state index is 0.226. The van der Waals surface area contributed by atoms with Crippen LogP contribution in [0.2, 0.25) is 4.34 Å². The van der Waals surface area contributed by atoms with Gasteiger partial charge in [0.25, 0.3) is 15.9 Å². The van der Waals surface area contributed by atoms with Crippen LogP contribution < -0.4 is 4.80 Å². The number of piperidine rings is 1. The van der Waals surface area contributed by atoms with Gasteiger partial charge in [-0.3, -0.25) is 4.79 Å². The number of sulfonamides is 1. The van der Waals surface area contributed by atoms with Crippen molar-refractivity contribution in [1.82, 2.24) is 8.87 Å². The van der Waals surface area contributed by atoms with E-state index in [-0.39, 0.29) is 29.1 Å². The molecule has 1 saturated heterocycles. The summed E-state index contributed by atoms with van der Waals surface area (Å²) in [6, 6.07) is 9.28. The van der Waals surface area contributed by atoms with Crippen LogP contribution in [0.5, 0.6) is 0 Å². The fourth-order valence-electron chi connectivity index (χ4n) is 3.76. The first kappa shape index (κ1) is 23.2. The molecule has 32 heavy (non-hydrogen) atoms. The van der Waals surface area contributed by atoms with Crippen LogP contribution in [0.15, 0.2) is 39.5 Å². The summed E-state index contributed by atoms with van der Waals surface area (Å²) in [5, 5.41) is 0. The number of halogens is 1. The number of aromatic nitrogens is 1. The molecule has 6 nitrogen and oxygen atoms in total. The quantitative estimate of drug-likeness (QED) is 0.487. The van der Waals surface area contributed by atoms with Crippen LogP contribution in [0.25, 0.3) is 10.2 Å². The second-order valence-electron chi connectivity index (χ2n) is 7.52. The standard InChI is InChI=1S/C22H22ClN3O3S3/c1-3-11-26-17-6-5-15(4-2)14-18(17)30-22(26)24-21(27)16-9-12-25(13-10-16)32(28,29)20-8-7-19(23)31-20/h1,5-8,14,16H,4,9-13H2,2H3. The molecule has 0 radical (unpaired) electrons. The molecule has 1 aromatic carbocycles. The Morgan fingerprint density at radius 2 is 2.00 bits per heavy atom. The van der Waals surface area contributed by atoms with Crippen molar-refractivity contribution in [3.63, 3.8) is 0 Å². The molecule has 0 atom stereocenters. The van der Waals surface area contributed by atoms with Crippen molar-refractivity contribution in [2.45, 2.75) is 36.9 Å². The molecule has 168 valence electrons. The minimum atomic E-state index is -3.59. The van der Waals surface area contributed by atoms with Gasteiger partial charge in [-0.25, -0.2) is 8.42 Å². The number of fused-ring (bicyclic) bond motifs is 1. The van der Waals surface area contributed by atoms with Gasteiger partial charge in [-0.1, -0.05) is 41.8 Å². The van der Waals surface area contributed by atoms with Crippen molar-refractivity contribution in [2.75, 3.05) is 13.1 Å². The Labute approximate surface area is 200 Å². The van der Waals surface area contributed by atoms with E-state index >= 15 is 0 Å². The number of nitrogens with zero attached hydrogens (tertiary/aromatic N) is 3. The monoisotopic (exact) mass is 507 g/mol. The van der Waals surface area contributed by atoms with Crippen molar-refractivity contribution in [2.24, 2.45) is 10.9 Å². The second kappa shape index (κ2) is 9.49. The minimum Gasteiger partial charge on any atom is -0.305 e. The summed E-state index contributed by atoms with van der Waals surface area (Å²) in [5.74, 6) is 2.10. The molecule has 0 N–H and O–H groups in total. The Kier molecular flexibility index (Phi) is 6.89. The predicted molar refractivity (Wildman–Crippen MR) is 129 cm³/mol. The molecule has 0 unspecified atom stereocenters. The summed E-state index contributed by atoms with van der Waals surface area (Å²) < 4.78 is 30.6. The van der Waals surface area contributed by atoms with E-state index in [1.807, 2.05) is 10.6 Å². The molecule has 1 amide bonds. The third-order valence-electron chi connectivity index (χ3n) is 5.56. The first-order valence-electron chi connectivity index (χ1n) is 10.2. The second-order valence-corrected chi connectivity index (χ2v) is 12.4. The van der Waals surface area contributed by atoms with Crippen molar-refractivity contribution >= 4 is 60.4 Å². The van der Waals surface area contributed by atoms with E-state index in [2.05, 4.69) is 30.0 Å². The number of terminal acetylenes is 1. The SMILES string of the molecule is C#CCn1c(=NC(=O)C2CCN(S(=O)(=O)c3ccc(Cl)s3)CC2)sc2cc(CC)ccc21. The van der Waals surface area contributed by atoms with Crippen molar-refractivity contribution in [3.8, 4) is 12.3 Å². The van der Waals surface area contributed by atoms with E-state index in [1.54, 1.807) is 6.07 Å². The summed E-state index contributed by atoms with van der Waals surface area (Å²) in [6.07, 6.45) is 7.34. The number of rotatable bonds is 5. The Balaban J connectivity index is 1.54. The lowest BCUT2D eigenvalue weighted by atomic mass is 9.98. The van der Waals surface area contributed by atoms with Gasteiger partial charge in [0.1, 0.15) is 4.21 Å². The lowest BCUT2D eigenvalue weighted by Crippen LogP contribution is -2.40. The number of thiazole rings is 1. The third-order valence-corrected chi connectivity index (χ3v) is 10.2. The molecule has 0 aliphatic carbocycles. The molecule has 2 aromatic heterocycles. The number of amides is 1. The van der Waals surface area contributed by atoms with Crippen LogP contribution in [-0.2, 0) is 27.8 Å². The molecule has 0 spiro atoms. The van der Waals surface area contributed by atoms with Gasteiger partial charge in [-0.05, 0) is 49.1 Å². The third kappa shape index (κ3) is 4.56. The predicted octanol–water partition coefficient (Wildman–Crippen LogP) is 4.14. The summed E-state index contributed by atoms with van der Waals surface area (Å²) in [6.45, 7) is 2.98. The van der Waals surface area contributed by atoms with E-state index in [9.17, 15) is 13.2 Å². The van der Waals surface area contributed by atoms with E-state index < -0.39 is 10.0 Å². The van der Waals surface area contributed by atoms with Gasteiger partial charge in [-0.2, -0.15) is 9.30 Å². The van der Waals surface area contributed by atoms with Crippen LogP contribution in [0.3, 0.4) is 0 Å². The summed E-state index contributed by atoms with van der Waals surface area (Å²) in [4.78, 5) is 17.9. The molecular formula is C22H22ClN3O3S3. The van der Waals surface area contributed by atoms with E-state index in [4.69, 9.17) is 18.0 Å². The number of thiophene rings is 1. The van der Waals surface area contributed by atoms with E-state index in [0.29, 0.717) is 28.5 Å². The van der Waals surface area contributed by atoms with E-state index in [0.717, 1.165) is 28.0 Å². The van der Waals surface area contributed by atoms with E-state index in [1.165, 1.54) is 27.3 Å². The molecule has 1 aliphatic heterocycles. The Bertz CT molecular complexity index is 1370. The maximum atomic E-state index is 12.9. The van der Waals surface area contributed by atoms with Crippen molar-refractivity contribution in [3.05, 3.63) is 45.0 Å². The van der Waals surface area contributed by atoms with Crippen LogP contribution in [-0.4, -0.2) is 36.3 Å². The van der Waals surface area contributed by atoms with Crippen LogP contribution >= 0.6 is 34.3 Å². The number of benzene rings is 1. The lowest BCUT2D eigenvalue weighted by molar-refractivity contribution is -0.122. The fourth-order valence-corrected chi connectivity index (χ4v) is 7.96. The number of aryl methyl sites for hydroxylation is 1. The molecule has 3 aromatic rings. The number of hydrogen-bond acceptors (Lipinski definition) is 5. The largest absolute Gasteiger partial charge is 0.305 e. The molecule has 1 aliphatic rings. The maximum Gasteiger partial charge on any atom is 0.252 e. The Morgan fingerprint density at radius 1 is 1.25 bits per heavy atom. The van der Waals surface area contributed by atoms with Gasteiger partial charge in [0.2, 0.25) is 0 Å². The average molecular weight is 508 g/mol. The lowest BCUT2D eigenvalue weighted by Gasteiger charge is -2.29. The first-order chi connectivity index (χ1) is 15.3. The zero-order valence-corrected chi connectivity index (χ0v) is 20.7. The molecule has 10 heteroatoms. The molecular weight excluding hydrogens is 486 g/mol. The highest BCUT2D eigenvalue weighted by Gasteiger charge is 2.33. The van der Waals surface area contributed by atoms with Gasteiger partial charge < -0.3 is 4.57 Å². The summed E-state index contributed by atoms with van der Waals surface area (Å²) >= 11 is 8.39.